The highest BCUT2D eigenvalue weighted by Crippen LogP contribution is 2.25. The number of alkyl halides is 3. The summed E-state index contributed by atoms with van der Waals surface area (Å²) in [7, 11) is -5.63. The fourth-order valence-electron chi connectivity index (χ4n) is 0.829. The van der Waals surface area contributed by atoms with E-state index in [0.29, 0.717) is 6.42 Å². The van der Waals surface area contributed by atoms with Crippen molar-refractivity contribution in [2.75, 3.05) is 0 Å². The minimum absolute atomic E-state index is 0.602. The third-order valence-electron chi connectivity index (χ3n) is 1.68. The first-order valence-corrected chi connectivity index (χ1v) is 5.63. The lowest BCUT2D eigenvalue weighted by Crippen LogP contribution is -2.28. The molecule has 1 rings (SSSR count). The lowest BCUT2D eigenvalue weighted by atomic mass is 10.2. The number of aromatic nitrogens is 1. The average molecular weight is 255 g/mol. The quantitative estimate of drug-likeness (QED) is 0.611. The Morgan fingerprint density at radius 3 is 2.38 bits per heavy atom. The van der Waals surface area contributed by atoms with Crippen LogP contribution in [0.3, 0.4) is 0 Å². The van der Waals surface area contributed by atoms with Crippen LogP contribution in [0.2, 0.25) is 0 Å². The smallest absolute Gasteiger partial charge is 0.355 e. The summed E-state index contributed by atoms with van der Waals surface area (Å²) in [6.45, 7) is 1.82. The van der Waals surface area contributed by atoms with E-state index in [2.05, 4.69) is 9.17 Å². The molecular formula is C8H8F3NO3S. The lowest BCUT2D eigenvalue weighted by Gasteiger charge is -2.08. The SMILES string of the molecule is CCc1ccc(OS(=O)(=O)C(F)(F)F)nc1. The van der Waals surface area contributed by atoms with Gasteiger partial charge in [0.25, 0.3) is 0 Å². The van der Waals surface area contributed by atoms with Crippen LogP contribution in [0.5, 0.6) is 5.88 Å². The fraction of sp³-hybridized carbons (Fsp3) is 0.375. The van der Waals surface area contributed by atoms with Crippen LogP contribution in [-0.4, -0.2) is 18.9 Å². The molecule has 4 nitrogen and oxygen atoms in total. The second-order valence-corrected chi connectivity index (χ2v) is 4.38. The van der Waals surface area contributed by atoms with Gasteiger partial charge in [0.1, 0.15) is 0 Å². The molecule has 0 saturated carbocycles. The monoisotopic (exact) mass is 255 g/mol. The summed E-state index contributed by atoms with van der Waals surface area (Å²) in [5.41, 5.74) is -4.69. The fourth-order valence-corrected chi connectivity index (χ4v) is 1.25. The van der Waals surface area contributed by atoms with E-state index in [-0.39, 0.29) is 0 Å². The van der Waals surface area contributed by atoms with Crippen LogP contribution in [0.1, 0.15) is 12.5 Å². The van der Waals surface area contributed by atoms with Gasteiger partial charge >= 0.3 is 15.6 Å². The van der Waals surface area contributed by atoms with Crippen LogP contribution in [0.15, 0.2) is 18.3 Å². The summed E-state index contributed by atoms with van der Waals surface area (Å²) in [5.74, 6) is -0.602. The van der Waals surface area contributed by atoms with Gasteiger partial charge in [0.05, 0.1) is 0 Å². The van der Waals surface area contributed by atoms with Crippen molar-refractivity contribution in [1.29, 1.82) is 0 Å². The standard InChI is InChI=1S/C8H8F3NO3S/c1-2-6-3-4-7(12-5-6)15-16(13,14)8(9,10)11/h3-5H,2H2,1H3. The first-order chi connectivity index (χ1) is 7.26. The number of nitrogens with zero attached hydrogens (tertiary/aromatic N) is 1. The van der Waals surface area contributed by atoms with Gasteiger partial charge in [-0.2, -0.15) is 21.6 Å². The van der Waals surface area contributed by atoms with Crippen molar-refractivity contribution in [3.8, 4) is 5.88 Å². The van der Waals surface area contributed by atoms with Gasteiger partial charge in [0.15, 0.2) is 0 Å². The summed E-state index contributed by atoms with van der Waals surface area (Å²) >= 11 is 0. The zero-order valence-corrected chi connectivity index (χ0v) is 8.97. The van der Waals surface area contributed by atoms with Crippen molar-refractivity contribution >= 4 is 10.1 Å². The average Bonchev–Trinajstić information content (AvgIpc) is 2.16. The highest BCUT2D eigenvalue weighted by Gasteiger charge is 2.48. The van der Waals surface area contributed by atoms with Crippen molar-refractivity contribution < 1.29 is 25.8 Å². The van der Waals surface area contributed by atoms with Gasteiger partial charge in [-0.25, -0.2) is 4.98 Å². The predicted molar refractivity (Wildman–Crippen MR) is 49.2 cm³/mol. The second kappa shape index (κ2) is 4.28. The minimum Gasteiger partial charge on any atom is -0.355 e. The second-order valence-electron chi connectivity index (χ2n) is 2.84. The van der Waals surface area contributed by atoms with Gasteiger partial charge in [-0.1, -0.05) is 13.0 Å². The zero-order chi connectivity index (χ0) is 12.4. The van der Waals surface area contributed by atoms with Gasteiger partial charge in [-0.15, -0.1) is 0 Å². The van der Waals surface area contributed by atoms with E-state index < -0.39 is 21.5 Å². The first kappa shape index (κ1) is 12.8. The third-order valence-corrected chi connectivity index (χ3v) is 2.64. The van der Waals surface area contributed by atoms with E-state index in [1.807, 2.05) is 6.92 Å². The van der Waals surface area contributed by atoms with Crippen LogP contribution < -0.4 is 4.18 Å². The number of hydrogen-bond donors (Lipinski definition) is 0. The lowest BCUT2D eigenvalue weighted by molar-refractivity contribution is -0.0501. The van der Waals surface area contributed by atoms with E-state index >= 15 is 0 Å². The summed E-state index contributed by atoms with van der Waals surface area (Å²) in [5, 5.41) is 0. The van der Waals surface area contributed by atoms with Crippen molar-refractivity contribution in [3.05, 3.63) is 23.9 Å². The van der Waals surface area contributed by atoms with Crippen LogP contribution in [0, 0.1) is 0 Å². The molecule has 0 atom stereocenters. The maximum Gasteiger partial charge on any atom is 0.534 e. The molecule has 1 heterocycles. The molecule has 0 spiro atoms. The number of pyridine rings is 1. The van der Waals surface area contributed by atoms with Gasteiger partial charge in [0.2, 0.25) is 5.88 Å². The molecule has 1 aromatic heterocycles. The van der Waals surface area contributed by atoms with E-state index in [1.54, 1.807) is 0 Å². The molecule has 0 fully saturated rings. The summed E-state index contributed by atoms with van der Waals surface area (Å²) in [4.78, 5) is 3.45. The van der Waals surface area contributed by atoms with Crippen LogP contribution in [0.25, 0.3) is 0 Å². The molecular weight excluding hydrogens is 247 g/mol. The topological polar surface area (TPSA) is 56.3 Å². The molecule has 0 amide bonds. The van der Waals surface area contributed by atoms with Crippen molar-refractivity contribution in [2.45, 2.75) is 18.9 Å². The minimum atomic E-state index is -5.63. The highest BCUT2D eigenvalue weighted by molar-refractivity contribution is 7.87. The number of aryl methyl sites for hydroxylation is 1. The van der Waals surface area contributed by atoms with Gasteiger partial charge in [-0.05, 0) is 12.0 Å². The Bertz CT molecular complexity index is 452. The molecule has 0 aromatic carbocycles. The molecule has 0 bridgehead atoms. The summed E-state index contributed by atoms with van der Waals surface area (Å²) < 4.78 is 60.8. The largest absolute Gasteiger partial charge is 0.534 e. The molecule has 0 N–H and O–H groups in total. The molecule has 1 aromatic rings. The molecule has 0 unspecified atom stereocenters. The maximum absolute atomic E-state index is 11.9. The zero-order valence-electron chi connectivity index (χ0n) is 8.15. The molecule has 90 valence electrons. The van der Waals surface area contributed by atoms with Gasteiger partial charge in [-0.3, -0.25) is 0 Å². The molecule has 0 saturated heterocycles. The Labute approximate surface area is 90.2 Å². The molecule has 8 heteroatoms. The third kappa shape index (κ3) is 2.84. The molecule has 0 aliphatic carbocycles. The molecule has 0 aliphatic rings. The molecule has 0 radical (unpaired) electrons. The van der Waals surface area contributed by atoms with E-state index in [0.717, 1.165) is 11.6 Å². The summed E-state index contributed by atoms with van der Waals surface area (Å²) in [6.07, 6.45) is 1.89. The Hall–Kier alpha value is -1.31. The molecule has 0 aliphatic heterocycles. The van der Waals surface area contributed by atoms with E-state index in [1.165, 1.54) is 12.3 Å². The van der Waals surface area contributed by atoms with Crippen molar-refractivity contribution in [3.63, 3.8) is 0 Å². The molecule has 16 heavy (non-hydrogen) atoms. The Morgan fingerprint density at radius 1 is 1.38 bits per heavy atom. The number of halogens is 3. The summed E-state index contributed by atoms with van der Waals surface area (Å²) in [6, 6.07) is 2.51. The van der Waals surface area contributed by atoms with E-state index in [9.17, 15) is 21.6 Å². The normalized spacial score (nSPS) is 12.5. The van der Waals surface area contributed by atoms with Gasteiger partial charge < -0.3 is 4.18 Å². The number of hydrogen-bond acceptors (Lipinski definition) is 4. The number of rotatable bonds is 3. The van der Waals surface area contributed by atoms with Crippen LogP contribution >= 0.6 is 0 Å². The Balaban J connectivity index is 2.89. The maximum atomic E-state index is 11.9. The van der Waals surface area contributed by atoms with E-state index in [4.69, 9.17) is 0 Å². The highest BCUT2D eigenvalue weighted by atomic mass is 32.2. The van der Waals surface area contributed by atoms with Crippen molar-refractivity contribution in [2.24, 2.45) is 0 Å². The van der Waals surface area contributed by atoms with Crippen LogP contribution in [0.4, 0.5) is 13.2 Å². The Kier molecular flexibility index (Phi) is 3.41. The van der Waals surface area contributed by atoms with Crippen LogP contribution in [-0.2, 0) is 16.5 Å². The first-order valence-electron chi connectivity index (χ1n) is 4.22. The van der Waals surface area contributed by atoms with Gasteiger partial charge in [0, 0.05) is 12.3 Å². The van der Waals surface area contributed by atoms with Crippen molar-refractivity contribution in [1.82, 2.24) is 4.98 Å². The Morgan fingerprint density at radius 2 is 2.00 bits per heavy atom. The predicted octanol–water partition coefficient (Wildman–Crippen LogP) is 1.87.